The topological polar surface area (TPSA) is 347 Å². The summed E-state index contributed by atoms with van der Waals surface area (Å²) in [5.74, 6) is -6.16. The zero-order chi connectivity index (χ0) is 38.4. The van der Waals surface area contributed by atoms with Gasteiger partial charge in [0, 0.05) is 24.2 Å². The van der Waals surface area contributed by atoms with E-state index in [0.717, 1.165) is 31.4 Å². The van der Waals surface area contributed by atoms with Crippen LogP contribution in [0.1, 0.15) is 26.5 Å². The number of β-lactam (4-membered cyclic amide) rings is 1. The number of sulfone groups is 1. The molecule has 276 valence electrons. The maximum Gasteiger partial charge on any atom is 0.362 e. The van der Waals surface area contributed by atoms with E-state index >= 15 is 0 Å². The van der Waals surface area contributed by atoms with E-state index in [1.54, 1.807) is 0 Å². The lowest BCUT2D eigenvalue weighted by Gasteiger charge is -2.43. The Kier molecular flexibility index (Phi) is 10.0. The number of aromatic nitrogens is 5. The number of aliphatic carboxylic acids is 1. The van der Waals surface area contributed by atoms with E-state index in [1.165, 1.54) is 17.0 Å². The summed E-state index contributed by atoms with van der Waals surface area (Å²) in [6, 6.07) is -3.76. The highest BCUT2D eigenvalue weighted by molar-refractivity contribution is 7.90. The van der Waals surface area contributed by atoms with Gasteiger partial charge in [0.15, 0.2) is 22.4 Å². The Bertz CT molecular complexity index is 2320. The minimum absolute atomic E-state index is 0.000345. The van der Waals surface area contributed by atoms with Gasteiger partial charge in [0.2, 0.25) is 11.0 Å². The van der Waals surface area contributed by atoms with Crippen molar-refractivity contribution in [2.45, 2.75) is 45.0 Å². The predicted molar refractivity (Wildman–Crippen MR) is 172 cm³/mol. The van der Waals surface area contributed by atoms with Crippen LogP contribution in [0.15, 0.2) is 32.4 Å². The molecule has 1 aliphatic rings. The Hall–Kier alpha value is -5.83. The molecule has 24 nitrogen and oxygen atoms in total. The van der Waals surface area contributed by atoms with E-state index < -0.39 is 108 Å². The quantitative estimate of drug-likeness (QED) is 0.0454. The van der Waals surface area contributed by atoms with Crippen LogP contribution in [0.25, 0.3) is 11.5 Å². The minimum Gasteiger partial charge on any atom is -0.503 e. The highest BCUT2D eigenvalue weighted by Crippen LogP contribution is 2.22. The van der Waals surface area contributed by atoms with E-state index in [4.69, 9.17) is 10.6 Å². The number of imide groups is 1. The van der Waals surface area contributed by atoms with Crippen LogP contribution in [-0.4, -0.2) is 120 Å². The number of amides is 4. The lowest BCUT2D eigenvalue weighted by atomic mass is 9.97. The second-order valence-corrected chi connectivity index (χ2v) is 15.9. The predicted octanol–water partition coefficient (Wildman–Crippen LogP) is -3.30. The molecular weight excluding hydrogens is 749 g/mol. The average Bonchev–Trinajstić information content (AvgIpc) is 3.58. The Balaban J connectivity index is 1.58. The number of rotatable bonds is 12. The molecule has 7 N–H and O–H groups in total. The lowest BCUT2D eigenvalue weighted by molar-refractivity contribution is -0.161. The maximum absolute atomic E-state index is 13.2. The summed E-state index contributed by atoms with van der Waals surface area (Å²) in [5, 5.41) is 39.8. The number of carbonyl (C=O) groups is 4. The molecule has 4 rings (SSSR count). The number of hydrogen-bond donors (Lipinski definition) is 6. The Morgan fingerprint density at radius 2 is 1.82 bits per heavy atom. The highest BCUT2D eigenvalue weighted by Gasteiger charge is 2.50. The molecular formula is C24H28N10O14S3. The smallest absolute Gasteiger partial charge is 0.362 e. The van der Waals surface area contributed by atoms with Gasteiger partial charge in [0.05, 0.1) is 18.0 Å². The molecule has 4 amide bonds. The van der Waals surface area contributed by atoms with Crippen LogP contribution in [-0.2, 0) is 45.8 Å². The third kappa shape index (κ3) is 7.83. The molecule has 0 bridgehead atoms. The van der Waals surface area contributed by atoms with Crippen LogP contribution in [0.3, 0.4) is 0 Å². The molecule has 0 spiro atoms. The molecule has 27 heteroatoms. The summed E-state index contributed by atoms with van der Waals surface area (Å²) < 4.78 is 51.7. The largest absolute Gasteiger partial charge is 0.503 e. The van der Waals surface area contributed by atoms with Gasteiger partial charge in [0.1, 0.15) is 27.3 Å². The summed E-state index contributed by atoms with van der Waals surface area (Å²) in [6.07, 6.45) is 1.30. The van der Waals surface area contributed by atoms with E-state index in [9.17, 15) is 61.0 Å². The summed E-state index contributed by atoms with van der Waals surface area (Å²) in [6.45, 7) is 2.76. The zero-order valence-electron chi connectivity index (χ0n) is 26.6. The standard InChI is InChI=1S/C24H28N10O14S3/c1-10-15(27-18(37)16(11-9-49-21(25)26-11)29-48-24(2,3)20(39)40)19(38)33(10)22(41)30-51(46,47)34-23(42)31(5-6-50(4,44)45)17(28-34)12-7-13(35)14(36)8-32(12)43/h7-10,15,36,43H,5-6H2,1-4H3,(H2,25,26)(H,27,37)(H,30,41)(H,39,40)/b29-16-/t10-,15-/m0/s1. The number of nitrogens with zero attached hydrogens (tertiary/aromatic N) is 7. The van der Waals surface area contributed by atoms with Gasteiger partial charge in [-0.15, -0.1) is 16.4 Å². The van der Waals surface area contributed by atoms with Crippen LogP contribution in [0.5, 0.6) is 5.75 Å². The maximum atomic E-state index is 13.2. The van der Waals surface area contributed by atoms with Gasteiger partial charge in [-0.1, -0.05) is 9.24 Å². The average molecular weight is 777 g/mol. The SMILES string of the molecule is C[C@H]1[C@H](NC(=O)/C(=N\OC(C)(C)C(=O)O)c2csc(N)n2)C(=O)N1C(=O)NS(=O)(=O)n1nc(-c2cc(=O)c(O)cn2O)n(CCS(C)(=O)=O)c1=O. The van der Waals surface area contributed by atoms with E-state index in [-0.39, 0.29) is 19.6 Å². The van der Waals surface area contributed by atoms with Crippen LogP contribution in [0.4, 0.5) is 9.93 Å². The van der Waals surface area contributed by atoms with Crippen molar-refractivity contribution in [1.29, 1.82) is 0 Å². The summed E-state index contributed by atoms with van der Waals surface area (Å²) in [5.41, 5.74) is -0.344. The van der Waals surface area contributed by atoms with Crippen molar-refractivity contribution >= 4 is 66.0 Å². The molecule has 1 fully saturated rings. The summed E-state index contributed by atoms with van der Waals surface area (Å²) in [4.78, 5) is 85.0. The first-order valence-electron chi connectivity index (χ1n) is 13.9. The van der Waals surface area contributed by atoms with Gasteiger partial charge in [-0.25, -0.2) is 32.5 Å². The van der Waals surface area contributed by atoms with Gasteiger partial charge < -0.3 is 31.3 Å². The molecule has 0 aromatic carbocycles. The number of likely N-dealkylation sites (tertiary alicyclic amines) is 1. The van der Waals surface area contributed by atoms with Gasteiger partial charge in [0.25, 0.3) is 11.8 Å². The van der Waals surface area contributed by atoms with Crippen molar-refractivity contribution in [3.05, 3.63) is 44.0 Å². The number of nitrogens with two attached hydrogens (primary N) is 1. The fourth-order valence-electron chi connectivity index (χ4n) is 4.16. The second kappa shape index (κ2) is 13.5. The summed E-state index contributed by atoms with van der Waals surface area (Å²) >= 11 is 0.899. The third-order valence-electron chi connectivity index (χ3n) is 6.96. The first-order valence-corrected chi connectivity index (χ1v) is 18.3. The molecule has 3 aromatic heterocycles. The number of urea groups is 1. The molecule has 4 heterocycles. The van der Waals surface area contributed by atoms with Crippen LogP contribution < -0.4 is 26.9 Å². The van der Waals surface area contributed by atoms with Gasteiger partial charge in [-0.2, -0.15) is 13.1 Å². The molecule has 0 radical (unpaired) electrons. The first-order chi connectivity index (χ1) is 23.4. The van der Waals surface area contributed by atoms with Crippen molar-refractivity contribution in [1.82, 2.24) is 38.4 Å². The zero-order valence-corrected chi connectivity index (χ0v) is 29.0. The van der Waals surface area contributed by atoms with Crippen LogP contribution in [0, 0.1) is 0 Å². The van der Waals surface area contributed by atoms with Crippen molar-refractivity contribution in [2.24, 2.45) is 5.16 Å². The number of carboxylic acids is 1. The number of hydrogen-bond acceptors (Lipinski definition) is 18. The second-order valence-electron chi connectivity index (χ2n) is 11.2. The Labute approximate surface area is 289 Å². The van der Waals surface area contributed by atoms with E-state index in [2.05, 4.69) is 20.6 Å². The normalized spacial score (nSPS) is 16.7. The van der Waals surface area contributed by atoms with Crippen molar-refractivity contribution < 1.29 is 56.3 Å². The number of aromatic hydroxyl groups is 1. The molecule has 0 unspecified atom stereocenters. The molecule has 3 aromatic rings. The van der Waals surface area contributed by atoms with E-state index in [1.807, 2.05) is 0 Å². The van der Waals surface area contributed by atoms with Crippen LogP contribution in [0.2, 0.25) is 0 Å². The molecule has 51 heavy (non-hydrogen) atoms. The Morgan fingerprint density at radius 1 is 1.18 bits per heavy atom. The van der Waals surface area contributed by atoms with Crippen molar-refractivity contribution in [3.8, 4) is 17.3 Å². The number of nitrogens with one attached hydrogen (secondary N) is 2. The van der Waals surface area contributed by atoms with Crippen molar-refractivity contribution in [2.75, 3.05) is 17.7 Å². The first kappa shape index (κ1) is 38.0. The number of carbonyl (C=O) groups excluding carboxylic acids is 3. The number of carboxylic acid groups (broad SMARTS) is 1. The molecule has 2 atom stereocenters. The van der Waals surface area contributed by atoms with Crippen molar-refractivity contribution in [3.63, 3.8) is 0 Å². The molecule has 1 saturated heterocycles. The van der Waals surface area contributed by atoms with Crippen LogP contribution >= 0.6 is 11.3 Å². The molecule has 0 aliphatic carbocycles. The number of oxime groups is 1. The highest BCUT2D eigenvalue weighted by atomic mass is 32.2. The third-order valence-corrected chi connectivity index (χ3v) is 9.69. The fraction of sp³-hybridized carbons (Fsp3) is 0.375. The monoisotopic (exact) mass is 776 g/mol. The van der Waals surface area contributed by atoms with Gasteiger partial charge in [-0.05, 0) is 20.8 Å². The minimum atomic E-state index is -5.35. The number of pyridine rings is 1. The Morgan fingerprint density at radius 3 is 2.37 bits per heavy atom. The van der Waals surface area contributed by atoms with Gasteiger partial charge >= 0.3 is 27.9 Å². The molecule has 0 saturated carbocycles. The number of anilines is 1. The summed E-state index contributed by atoms with van der Waals surface area (Å²) in [7, 11) is -9.13. The van der Waals surface area contributed by atoms with E-state index in [0.29, 0.717) is 21.7 Å². The fourth-order valence-corrected chi connectivity index (χ4v) is 6.12. The number of nitrogen functional groups attached to an aromatic ring is 1. The number of thiazole rings is 1. The lowest BCUT2D eigenvalue weighted by Crippen LogP contribution is -2.73. The molecule has 1 aliphatic heterocycles. The van der Waals surface area contributed by atoms with Gasteiger partial charge in [-0.3, -0.25) is 23.9 Å².